The summed E-state index contributed by atoms with van der Waals surface area (Å²) < 4.78 is 18.4. The molecule has 0 bridgehead atoms. The van der Waals surface area contributed by atoms with Gasteiger partial charge in [0.05, 0.1) is 11.2 Å². The van der Waals surface area contributed by atoms with Crippen molar-refractivity contribution < 1.29 is 18.8 Å². The van der Waals surface area contributed by atoms with Crippen LogP contribution in [0.3, 0.4) is 0 Å². The third-order valence-electron chi connectivity index (χ3n) is 7.94. The Morgan fingerprint density at radius 2 is 1.53 bits per heavy atom. The van der Waals surface area contributed by atoms with Gasteiger partial charge in [0.1, 0.15) is 6.61 Å². The van der Waals surface area contributed by atoms with Crippen molar-refractivity contribution in [3.05, 3.63) is 99.5 Å². The molecule has 0 radical (unpaired) electrons. The van der Waals surface area contributed by atoms with Gasteiger partial charge >= 0.3 is 13.2 Å². The van der Waals surface area contributed by atoms with Crippen LogP contribution >= 0.6 is 11.6 Å². The summed E-state index contributed by atoms with van der Waals surface area (Å²) in [5.74, 6) is -0.00275. The van der Waals surface area contributed by atoms with Crippen LogP contribution in [0.15, 0.2) is 72.2 Å². The van der Waals surface area contributed by atoms with Crippen LogP contribution in [0.4, 0.5) is 4.79 Å². The maximum Gasteiger partial charge on any atom is 0.492 e. The highest BCUT2D eigenvalue weighted by atomic mass is 35.5. The fourth-order valence-electron chi connectivity index (χ4n) is 5.03. The largest absolute Gasteiger partial charge is 0.492 e. The fraction of sp³-hybridized carbons (Fsp3) is 0.323. The van der Waals surface area contributed by atoms with Gasteiger partial charge in [-0.3, -0.25) is 0 Å². The quantitative estimate of drug-likeness (QED) is 0.343. The van der Waals surface area contributed by atoms with Crippen molar-refractivity contribution in [2.75, 3.05) is 13.2 Å². The summed E-state index contributed by atoms with van der Waals surface area (Å²) in [6, 6.07) is 22.3. The van der Waals surface area contributed by atoms with Gasteiger partial charge in [0.2, 0.25) is 0 Å². The SMILES string of the molecule is Cc1cccc(Cl)c1C=C(CNC(=O)OCC1c2ccccc2-c2ccccc21)B1OC(C)(C)C(C)(C)O1. The number of halogens is 1. The van der Waals surface area contributed by atoms with Gasteiger partial charge in [0.25, 0.3) is 0 Å². The average molecular weight is 530 g/mol. The number of amides is 1. The Morgan fingerprint density at radius 3 is 2.11 bits per heavy atom. The predicted molar refractivity (Wildman–Crippen MR) is 153 cm³/mol. The molecule has 1 saturated heterocycles. The zero-order valence-electron chi connectivity index (χ0n) is 22.5. The van der Waals surface area contributed by atoms with Crippen molar-refractivity contribution in [1.29, 1.82) is 0 Å². The minimum Gasteiger partial charge on any atom is -0.449 e. The number of rotatable bonds is 6. The first-order valence-electron chi connectivity index (χ1n) is 13.0. The first kappa shape index (κ1) is 26.5. The molecule has 1 heterocycles. The molecular formula is C31H33BClNO4. The summed E-state index contributed by atoms with van der Waals surface area (Å²) in [5, 5.41) is 3.54. The predicted octanol–water partition coefficient (Wildman–Crippen LogP) is 7.20. The molecule has 38 heavy (non-hydrogen) atoms. The van der Waals surface area contributed by atoms with Gasteiger partial charge in [-0.05, 0) is 79.5 Å². The molecular weight excluding hydrogens is 497 g/mol. The molecule has 0 saturated carbocycles. The number of nitrogens with one attached hydrogen (secondary N) is 1. The molecule has 3 aromatic rings. The number of carbonyl (C=O) groups excluding carboxylic acids is 1. The number of benzene rings is 3. The van der Waals surface area contributed by atoms with Gasteiger partial charge in [0.15, 0.2) is 0 Å². The number of aryl methyl sites for hydroxylation is 1. The number of ether oxygens (including phenoxy) is 1. The molecule has 5 rings (SSSR count). The molecule has 1 fully saturated rings. The molecule has 196 valence electrons. The zero-order chi connectivity index (χ0) is 27.1. The van der Waals surface area contributed by atoms with Crippen LogP contribution in [0.1, 0.15) is 55.9 Å². The molecule has 3 aromatic carbocycles. The van der Waals surface area contributed by atoms with E-state index in [2.05, 4.69) is 29.6 Å². The molecule has 5 nitrogen and oxygen atoms in total. The Morgan fingerprint density at radius 1 is 0.947 bits per heavy atom. The maximum atomic E-state index is 12.9. The molecule has 2 aliphatic rings. The number of carbonyl (C=O) groups is 1. The van der Waals surface area contributed by atoms with Crippen LogP contribution in [0.2, 0.25) is 5.02 Å². The molecule has 0 atom stereocenters. The smallest absolute Gasteiger partial charge is 0.449 e. The Bertz CT molecular complexity index is 1320. The van der Waals surface area contributed by atoms with Gasteiger partial charge in [-0.25, -0.2) is 4.79 Å². The summed E-state index contributed by atoms with van der Waals surface area (Å²) in [7, 11) is -0.635. The fourth-order valence-corrected chi connectivity index (χ4v) is 5.31. The summed E-state index contributed by atoms with van der Waals surface area (Å²) in [5.41, 5.74) is 6.35. The van der Waals surface area contributed by atoms with Crippen molar-refractivity contribution in [2.24, 2.45) is 0 Å². The lowest BCUT2D eigenvalue weighted by atomic mass is 9.76. The highest BCUT2D eigenvalue weighted by Crippen LogP contribution is 2.44. The Balaban J connectivity index is 1.32. The molecule has 1 aliphatic heterocycles. The van der Waals surface area contributed by atoms with Crippen molar-refractivity contribution in [3.63, 3.8) is 0 Å². The average Bonchev–Trinajstić information content (AvgIpc) is 3.31. The molecule has 0 spiro atoms. The van der Waals surface area contributed by atoms with Crippen LogP contribution < -0.4 is 5.32 Å². The summed E-state index contributed by atoms with van der Waals surface area (Å²) in [6.45, 7) is 10.5. The molecule has 0 aromatic heterocycles. The number of fused-ring (bicyclic) bond motifs is 3. The van der Waals surface area contributed by atoms with Crippen molar-refractivity contribution in [1.82, 2.24) is 5.32 Å². The summed E-state index contributed by atoms with van der Waals surface area (Å²) in [6.07, 6.45) is 1.45. The van der Waals surface area contributed by atoms with Crippen LogP contribution in [0, 0.1) is 6.92 Å². The second-order valence-electron chi connectivity index (χ2n) is 11.0. The van der Waals surface area contributed by atoms with E-state index < -0.39 is 24.4 Å². The van der Waals surface area contributed by atoms with Crippen LogP contribution in [0.25, 0.3) is 17.2 Å². The van der Waals surface area contributed by atoms with E-state index in [1.165, 1.54) is 22.3 Å². The van der Waals surface area contributed by atoms with Gasteiger partial charge in [0, 0.05) is 17.5 Å². The van der Waals surface area contributed by atoms with E-state index in [9.17, 15) is 4.79 Å². The molecule has 1 N–H and O–H groups in total. The lowest BCUT2D eigenvalue weighted by molar-refractivity contribution is 0.00578. The van der Waals surface area contributed by atoms with Gasteiger partial charge in [-0.15, -0.1) is 0 Å². The summed E-state index contributed by atoms with van der Waals surface area (Å²) >= 11 is 6.52. The second-order valence-corrected chi connectivity index (χ2v) is 11.4. The standard InChI is InChI=1S/C31H33BClNO4/c1-20-11-10-16-28(33)26(20)17-21(32-37-30(2,3)31(4,5)38-32)18-34-29(35)36-19-27-24-14-8-6-12-22(24)23-13-7-9-15-25(23)27/h6-17,27H,18-19H2,1-5H3,(H,34,35). The molecule has 1 amide bonds. The van der Waals surface area contributed by atoms with E-state index in [-0.39, 0.29) is 19.1 Å². The third kappa shape index (κ3) is 5.01. The maximum absolute atomic E-state index is 12.9. The molecule has 7 heteroatoms. The minimum absolute atomic E-state index is 0.00275. The summed E-state index contributed by atoms with van der Waals surface area (Å²) in [4.78, 5) is 12.9. The monoisotopic (exact) mass is 529 g/mol. The highest BCUT2D eigenvalue weighted by Gasteiger charge is 2.52. The lowest BCUT2D eigenvalue weighted by Crippen LogP contribution is -2.41. The molecule has 0 unspecified atom stereocenters. The van der Waals surface area contributed by atoms with E-state index >= 15 is 0 Å². The van der Waals surface area contributed by atoms with Gasteiger partial charge in [-0.2, -0.15) is 0 Å². The van der Waals surface area contributed by atoms with Gasteiger partial charge < -0.3 is 19.4 Å². The van der Waals surface area contributed by atoms with Crippen LogP contribution in [-0.4, -0.2) is 37.6 Å². The normalized spacial score (nSPS) is 17.7. The van der Waals surface area contributed by atoms with Crippen molar-refractivity contribution in [3.8, 4) is 11.1 Å². The van der Waals surface area contributed by atoms with Crippen molar-refractivity contribution in [2.45, 2.75) is 51.7 Å². The number of alkyl carbamates (subject to hydrolysis) is 1. The Kier molecular flexibility index (Phi) is 7.16. The van der Waals surface area contributed by atoms with Crippen LogP contribution in [0.5, 0.6) is 0 Å². The second kappa shape index (κ2) is 10.3. The minimum atomic E-state index is -0.635. The van der Waals surface area contributed by atoms with E-state index in [0.717, 1.165) is 16.6 Å². The zero-order valence-corrected chi connectivity index (χ0v) is 23.3. The lowest BCUT2D eigenvalue weighted by Gasteiger charge is -2.32. The Labute approximate surface area is 230 Å². The van der Waals surface area contributed by atoms with Crippen LogP contribution in [-0.2, 0) is 14.0 Å². The third-order valence-corrected chi connectivity index (χ3v) is 8.27. The number of hydrogen-bond acceptors (Lipinski definition) is 4. The van der Waals surface area contributed by atoms with Gasteiger partial charge in [-0.1, -0.05) is 78.3 Å². The number of hydrogen-bond donors (Lipinski definition) is 1. The van der Waals surface area contributed by atoms with E-state index in [4.69, 9.17) is 25.6 Å². The first-order valence-corrected chi connectivity index (χ1v) is 13.4. The highest BCUT2D eigenvalue weighted by molar-refractivity contribution is 6.56. The van der Waals surface area contributed by atoms with Crippen molar-refractivity contribution >= 4 is 30.9 Å². The van der Waals surface area contributed by atoms with E-state index in [0.29, 0.717) is 5.02 Å². The van der Waals surface area contributed by atoms with E-state index in [1.807, 2.05) is 83.2 Å². The molecule has 1 aliphatic carbocycles. The first-order chi connectivity index (χ1) is 18.1. The topological polar surface area (TPSA) is 56.8 Å². The van der Waals surface area contributed by atoms with E-state index in [1.54, 1.807) is 0 Å². The Hall–Kier alpha value is -3.06.